The number of aryl methyl sites for hydroxylation is 1. The predicted molar refractivity (Wildman–Crippen MR) is 157 cm³/mol. The fourth-order valence-corrected chi connectivity index (χ4v) is 9.11. The van der Waals surface area contributed by atoms with Gasteiger partial charge >= 0.3 is 0 Å². The topological polar surface area (TPSA) is 109 Å². The highest BCUT2D eigenvalue weighted by Gasteiger charge is 2.77. The smallest absolute Gasteiger partial charge is 0.206 e. The highest BCUT2D eigenvalue weighted by atomic mass is 16.3. The van der Waals surface area contributed by atoms with Gasteiger partial charge in [0.25, 0.3) is 0 Å². The average Bonchev–Trinajstić information content (AvgIpc) is 2.89. The second kappa shape index (κ2) is 9.06. The first-order valence-electron chi connectivity index (χ1n) is 14.5. The molecule has 1 unspecified atom stereocenters. The molecule has 6 heteroatoms. The standard InChI is InChI=1S/C35H40O6/c1-16(2)27-18(4)25(20(6)36)31(39)35(41)32(40)28-30(38)26-23(19(5)33(28,8)21(7)34(27,35)9)14-15-24(29(26)37)22-12-10-17(3)11-13-22/h10-16,19,21,27-28,37,41H,1-9H3/t19-,21-,27+,28?,33-,34-,35+/m0/s1. The third kappa shape index (κ3) is 3.34. The molecule has 0 radical (unpaired) electrons. The molecule has 7 atom stereocenters. The molecule has 3 aliphatic carbocycles. The van der Waals surface area contributed by atoms with E-state index in [1.165, 1.54) is 6.92 Å². The lowest BCUT2D eigenvalue weighted by Gasteiger charge is -2.66. The number of aromatic hydroxyl groups is 1. The van der Waals surface area contributed by atoms with E-state index in [2.05, 4.69) is 0 Å². The predicted octanol–water partition coefficient (Wildman–Crippen LogP) is 6.01. The van der Waals surface area contributed by atoms with Crippen molar-refractivity contribution in [3.05, 3.63) is 64.2 Å². The van der Waals surface area contributed by atoms with Crippen molar-refractivity contribution >= 4 is 23.1 Å². The molecular weight excluding hydrogens is 516 g/mol. The lowest BCUT2D eigenvalue weighted by Crippen LogP contribution is -2.77. The molecule has 41 heavy (non-hydrogen) atoms. The number of aliphatic hydroxyl groups is 1. The number of phenols is 1. The molecule has 1 fully saturated rings. The number of rotatable bonds is 3. The van der Waals surface area contributed by atoms with E-state index in [0.717, 1.165) is 11.1 Å². The number of phenolic OH excluding ortho intramolecular Hbond substituents is 1. The van der Waals surface area contributed by atoms with Gasteiger partial charge in [0.05, 0.1) is 17.1 Å². The Morgan fingerprint density at radius 3 is 2.07 bits per heavy atom. The highest BCUT2D eigenvalue weighted by Crippen LogP contribution is 2.69. The SMILES string of the molecule is CC(=O)C1=C(C)[C@@H](C(C)C)[C@]2(C)[C@@H](C)[C@@]3(C)C(C(=O)c4c(ccc(-c5ccc(C)cc5)c4O)[C@@H]3C)C(=O)[C@]2(O)C1=O. The molecule has 0 aliphatic heterocycles. The van der Waals surface area contributed by atoms with Gasteiger partial charge in [0, 0.05) is 11.0 Å². The van der Waals surface area contributed by atoms with Crippen LogP contribution in [-0.2, 0) is 14.4 Å². The van der Waals surface area contributed by atoms with Crippen LogP contribution in [0.1, 0.15) is 82.8 Å². The van der Waals surface area contributed by atoms with E-state index >= 15 is 0 Å². The Labute approximate surface area is 241 Å². The zero-order valence-corrected chi connectivity index (χ0v) is 25.4. The summed E-state index contributed by atoms with van der Waals surface area (Å²) in [4.78, 5) is 56.0. The molecule has 0 heterocycles. The van der Waals surface area contributed by atoms with E-state index in [4.69, 9.17) is 0 Å². The van der Waals surface area contributed by atoms with Crippen molar-refractivity contribution < 1.29 is 29.4 Å². The molecule has 0 aromatic heterocycles. The van der Waals surface area contributed by atoms with Crippen molar-refractivity contribution in [2.75, 3.05) is 0 Å². The Kier molecular flexibility index (Phi) is 6.43. The van der Waals surface area contributed by atoms with Crippen LogP contribution in [0.25, 0.3) is 11.1 Å². The summed E-state index contributed by atoms with van der Waals surface area (Å²) in [6.45, 7) is 16.5. The van der Waals surface area contributed by atoms with Crippen molar-refractivity contribution in [1.29, 1.82) is 0 Å². The van der Waals surface area contributed by atoms with Crippen molar-refractivity contribution in [1.82, 2.24) is 0 Å². The third-order valence-electron chi connectivity index (χ3n) is 11.4. The van der Waals surface area contributed by atoms with Crippen LogP contribution >= 0.6 is 0 Å². The Morgan fingerprint density at radius 1 is 0.951 bits per heavy atom. The van der Waals surface area contributed by atoms with Crippen LogP contribution in [0.15, 0.2) is 47.5 Å². The van der Waals surface area contributed by atoms with Gasteiger partial charge in [0.15, 0.2) is 23.0 Å². The molecule has 3 aliphatic rings. The lowest BCUT2D eigenvalue weighted by atomic mass is 9.35. The molecule has 0 bridgehead atoms. The van der Waals surface area contributed by atoms with Crippen molar-refractivity contribution in [2.45, 2.75) is 73.8 Å². The number of fused-ring (bicyclic) bond motifs is 3. The first-order chi connectivity index (χ1) is 19.0. The minimum absolute atomic E-state index is 0.0629. The number of hydrogen-bond donors (Lipinski definition) is 2. The largest absolute Gasteiger partial charge is 0.507 e. The minimum atomic E-state index is -2.57. The summed E-state index contributed by atoms with van der Waals surface area (Å²) in [5.41, 5.74) is -1.41. The van der Waals surface area contributed by atoms with Gasteiger partial charge in [0.1, 0.15) is 5.75 Å². The van der Waals surface area contributed by atoms with E-state index in [-0.39, 0.29) is 28.7 Å². The van der Waals surface area contributed by atoms with Crippen molar-refractivity contribution in [2.24, 2.45) is 34.5 Å². The van der Waals surface area contributed by atoms with E-state index < -0.39 is 57.3 Å². The number of hydrogen-bond acceptors (Lipinski definition) is 6. The van der Waals surface area contributed by atoms with Gasteiger partial charge in [-0.3, -0.25) is 19.2 Å². The van der Waals surface area contributed by atoms with Crippen LogP contribution in [0.5, 0.6) is 5.75 Å². The molecule has 5 rings (SSSR count). The molecule has 216 valence electrons. The molecule has 2 aromatic rings. The van der Waals surface area contributed by atoms with Gasteiger partial charge in [-0.05, 0) is 61.0 Å². The number of ketones is 4. The molecule has 6 nitrogen and oxygen atoms in total. The summed E-state index contributed by atoms with van der Waals surface area (Å²) >= 11 is 0. The monoisotopic (exact) mass is 556 g/mol. The van der Waals surface area contributed by atoms with Crippen LogP contribution in [-0.4, -0.2) is 38.9 Å². The third-order valence-corrected chi connectivity index (χ3v) is 11.4. The average molecular weight is 557 g/mol. The second-order valence-corrected chi connectivity index (χ2v) is 13.4. The van der Waals surface area contributed by atoms with E-state index in [9.17, 15) is 29.4 Å². The number of carbonyl (C=O) groups excluding carboxylic acids is 4. The van der Waals surface area contributed by atoms with E-state index in [1.54, 1.807) is 13.8 Å². The van der Waals surface area contributed by atoms with Gasteiger partial charge in [-0.15, -0.1) is 0 Å². The molecule has 0 spiro atoms. The summed E-state index contributed by atoms with van der Waals surface area (Å²) in [6, 6.07) is 11.2. The molecule has 0 amide bonds. The van der Waals surface area contributed by atoms with E-state index in [0.29, 0.717) is 16.7 Å². The number of benzene rings is 2. The highest BCUT2D eigenvalue weighted by molar-refractivity contribution is 6.33. The van der Waals surface area contributed by atoms with Crippen LogP contribution in [0.3, 0.4) is 0 Å². The second-order valence-electron chi connectivity index (χ2n) is 13.4. The van der Waals surface area contributed by atoms with Gasteiger partial charge in [-0.25, -0.2) is 0 Å². The zero-order valence-electron chi connectivity index (χ0n) is 25.4. The van der Waals surface area contributed by atoms with Crippen molar-refractivity contribution in [3.63, 3.8) is 0 Å². The quantitative estimate of drug-likeness (QED) is 0.354. The van der Waals surface area contributed by atoms with Gasteiger partial charge < -0.3 is 10.2 Å². The minimum Gasteiger partial charge on any atom is -0.507 e. The lowest BCUT2D eigenvalue weighted by molar-refractivity contribution is -0.211. The fourth-order valence-electron chi connectivity index (χ4n) is 9.11. The summed E-state index contributed by atoms with van der Waals surface area (Å²) < 4.78 is 0. The summed E-state index contributed by atoms with van der Waals surface area (Å²) in [5.74, 6) is -5.88. The number of allylic oxidation sites excluding steroid dienone is 1. The Bertz CT molecular complexity index is 1560. The number of Topliss-reactive ketones (excluding diaryl/α,β-unsaturated/α-hetero) is 4. The van der Waals surface area contributed by atoms with Gasteiger partial charge in [-0.1, -0.05) is 89.1 Å². The Morgan fingerprint density at radius 2 is 1.54 bits per heavy atom. The maximum Gasteiger partial charge on any atom is 0.206 e. The molecular formula is C35H40O6. The van der Waals surface area contributed by atoms with Crippen LogP contribution in [0.4, 0.5) is 0 Å². The Balaban J connectivity index is 1.79. The number of carbonyl (C=O) groups is 4. The van der Waals surface area contributed by atoms with Crippen LogP contribution < -0.4 is 0 Å². The van der Waals surface area contributed by atoms with Crippen LogP contribution in [0, 0.1) is 41.4 Å². The van der Waals surface area contributed by atoms with Crippen LogP contribution in [0.2, 0.25) is 0 Å². The maximum atomic E-state index is 14.7. The van der Waals surface area contributed by atoms with Gasteiger partial charge in [-0.2, -0.15) is 0 Å². The van der Waals surface area contributed by atoms with Crippen molar-refractivity contribution in [3.8, 4) is 16.9 Å². The summed E-state index contributed by atoms with van der Waals surface area (Å²) in [6.07, 6.45) is 0. The van der Waals surface area contributed by atoms with E-state index in [1.807, 2.05) is 77.9 Å². The molecule has 2 N–H and O–H groups in total. The molecule has 1 saturated carbocycles. The first kappa shape index (κ1) is 29.1. The molecule has 2 aromatic carbocycles. The molecule has 0 saturated heterocycles. The Hall–Kier alpha value is -3.38. The normalized spacial score (nSPS) is 34.9. The fraction of sp³-hybridized carbons (Fsp3) is 0.486. The summed E-state index contributed by atoms with van der Waals surface area (Å²) in [7, 11) is 0. The maximum absolute atomic E-state index is 14.7. The van der Waals surface area contributed by atoms with Gasteiger partial charge in [0.2, 0.25) is 5.78 Å². The summed E-state index contributed by atoms with van der Waals surface area (Å²) in [5, 5.41) is 24.0. The zero-order chi connectivity index (χ0) is 30.6. The first-order valence-corrected chi connectivity index (χ1v) is 14.5.